The fourth-order valence-corrected chi connectivity index (χ4v) is 3.60. The molecule has 7 heteroatoms. The number of fused-ring (bicyclic) bond motifs is 1. The van der Waals surface area contributed by atoms with Crippen molar-refractivity contribution in [2.75, 3.05) is 5.32 Å². The van der Waals surface area contributed by atoms with E-state index in [4.69, 9.17) is 0 Å². The Morgan fingerprint density at radius 1 is 1.07 bits per heavy atom. The van der Waals surface area contributed by atoms with Crippen LogP contribution in [0.15, 0.2) is 48.7 Å². The highest BCUT2D eigenvalue weighted by atomic mass is 16.2. The molecular formula is C22H24N6O. The summed E-state index contributed by atoms with van der Waals surface area (Å²) in [6, 6.07) is 14.0. The number of aryl methyl sites for hydroxylation is 3. The van der Waals surface area contributed by atoms with E-state index in [0.717, 1.165) is 40.9 Å². The van der Waals surface area contributed by atoms with E-state index in [1.807, 2.05) is 48.9 Å². The lowest BCUT2D eigenvalue weighted by atomic mass is 10.0. The molecule has 1 N–H and O–H groups in total. The first-order valence-electron chi connectivity index (χ1n) is 9.78. The molecule has 0 aliphatic carbocycles. The van der Waals surface area contributed by atoms with Crippen LogP contribution in [0.1, 0.15) is 24.7 Å². The monoisotopic (exact) mass is 388 g/mol. The minimum absolute atomic E-state index is 0.0892. The number of hydrogen-bond donors (Lipinski definition) is 1. The number of amides is 1. The van der Waals surface area contributed by atoms with E-state index in [9.17, 15) is 4.79 Å². The zero-order valence-electron chi connectivity index (χ0n) is 16.9. The molecule has 0 spiro atoms. The molecule has 0 atom stereocenters. The molecule has 29 heavy (non-hydrogen) atoms. The molecule has 7 nitrogen and oxygen atoms in total. The van der Waals surface area contributed by atoms with Crippen molar-refractivity contribution in [1.82, 2.24) is 24.5 Å². The first-order valence-corrected chi connectivity index (χ1v) is 9.78. The second-order valence-corrected chi connectivity index (χ2v) is 7.11. The first-order chi connectivity index (χ1) is 14.1. The molecule has 0 saturated heterocycles. The van der Waals surface area contributed by atoms with Crippen LogP contribution in [0.3, 0.4) is 0 Å². The normalized spacial score (nSPS) is 11.1. The molecule has 0 fully saturated rings. The minimum atomic E-state index is -0.154. The van der Waals surface area contributed by atoms with Crippen LogP contribution < -0.4 is 5.32 Å². The number of hydrogen-bond acceptors (Lipinski definition) is 4. The average Bonchev–Trinajstić information content (AvgIpc) is 3.22. The van der Waals surface area contributed by atoms with Gasteiger partial charge in [0.25, 0.3) is 0 Å². The third kappa shape index (κ3) is 3.76. The summed E-state index contributed by atoms with van der Waals surface area (Å²) in [7, 11) is 0. The standard InChI is InChI=1S/C22H24N6O/c1-4-12-27-19(13-15(2)25-27)24-20(29)14-28-22-21(16(3)26-28)18(10-11-23-22)17-8-6-5-7-9-17/h5-11,13H,4,12,14H2,1-3H3,(H,24,29). The number of carbonyl (C=O) groups excluding carboxylic acids is 1. The van der Waals surface area contributed by atoms with Crippen LogP contribution >= 0.6 is 0 Å². The van der Waals surface area contributed by atoms with E-state index >= 15 is 0 Å². The number of nitrogens with one attached hydrogen (secondary N) is 1. The van der Waals surface area contributed by atoms with Crippen molar-refractivity contribution in [3.05, 3.63) is 60.0 Å². The van der Waals surface area contributed by atoms with Gasteiger partial charge in [0.1, 0.15) is 12.4 Å². The average molecular weight is 388 g/mol. The van der Waals surface area contributed by atoms with E-state index in [-0.39, 0.29) is 12.5 Å². The van der Waals surface area contributed by atoms with Crippen LogP contribution in [-0.4, -0.2) is 30.5 Å². The van der Waals surface area contributed by atoms with Crippen LogP contribution in [0.5, 0.6) is 0 Å². The summed E-state index contributed by atoms with van der Waals surface area (Å²) < 4.78 is 3.49. The third-order valence-electron chi connectivity index (χ3n) is 4.79. The topological polar surface area (TPSA) is 77.6 Å². The number of nitrogens with zero attached hydrogens (tertiary/aromatic N) is 5. The molecule has 0 aliphatic rings. The van der Waals surface area contributed by atoms with E-state index in [0.29, 0.717) is 11.5 Å². The van der Waals surface area contributed by atoms with Crippen LogP contribution in [0.2, 0.25) is 0 Å². The second kappa shape index (κ2) is 7.87. The molecular weight excluding hydrogens is 364 g/mol. The first kappa shape index (κ1) is 18.9. The van der Waals surface area contributed by atoms with Gasteiger partial charge in [-0.3, -0.25) is 4.79 Å². The number of aromatic nitrogens is 5. The molecule has 0 aliphatic heterocycles. The fourth-order valence-electron chi connectivity index (χ4n) is 3.60. The summed E-state index contributed by atoms with van der Waals surface area (Å²) in [6.45, 7) is 6.80. The Labute approximate surface area is 169 Å². The maximum Gasteiger partial charge on any atom is 0.247 e. The van der Waals surface area contributed by atoms with E-state index in [1.165, 1.54) is 0 Å². The summed E-state index contributed by atoms with van der Waals surface area (Å²) in [5.74, 6) is 0.555. The molecule has 4 rings (SSSR count). The molecule has 3 heterocycles. The van der Waals surface area contributed by atoms with E-state index in [2.05, 4.69) is 39.6 Å². The van der Waals surface area contributed by atoms with Gasteiger partial charge in [-0.2, -0.15) is 10.2 Å². The fraction of sp³-hybridized carbons (Fsp3) is 0.273. The molecule has 148 valence electrons. The number of pyridine rings is 1. The lowest BCUT2D eigenvalue weighted by molar-refractivity contribution is -0.116. The molecule has 4 aromatic rings. The van der Waals surface area contributed by atoms with Crippen LogP contribution in [-0.2, 0) is 17.9 Å². The van der Waals surface area contributed by atoms with Gasteiger partial charge in [-0.1, -0.05) is 37.3 Å². The van der Waals surface area contributed by atoms with Crippen molar-refractivity contribution < 1.29 is 4.79 Å². The van der Waals surface area contributed by atoms with Gasteiger partial charge in [0.15, 0.2) is 5.65 Å². The highest BCUT2D eigenvalue weighted by Gasteiger charge is 2.17. The smallest absolute Gasteiger partial charge is 0.247 e. The quantitative estimate of drug-likeness (QED) is 0.542. The Morgan fingerprint density at radius 3 is 2.62 bits per heavy atom. The maximum absolute atomic E-state index is 12.7. The van der Waals surface area contributed by atoms with Crippen LogP contribution in [0.4, 0.5) is 5.82 Å². The Hall–Kier alpha value is -3.48. The van der Waals surface area contributed by atoms with Gasteiger partial charge in [-0.15, -0.1) is 0 Å². The lowest BCUT2D eigenvalue weighted by Gasteiger charge is -2.08. The predicted octanol–water partition coefficient (Wildman–Crippen LogP) is 3.96. The molecule has 0 bridgehead atoms. The minimum Gasteiger partial charge on any atom is -0.309 e. The molecule has 0 radical (unpaired) electrons. The molecule has 0 saturated carbocycles. The third-order valence-corrected chi connectivity index (χ3v) is 4.79. The second-order valence-electron chi connectivity index (χ2n) is 7.11. The van der Waals surface area contributed by atoms with Crippen molar-refractivity contribution >= 4 is 22.8 Å². The summed E-state index contributed by atoms with van der Waals surface area (Å²) in [5.41, 5.74) is 4.61. The van der Waals surface area contributed by atoms with Crippen LogP contribution in [0.25, 0.3) is 22.2 Å². The molecule has 1 amide bonds. The zero-order valence-corrected chi connectivity index (χ0v) is 16.9. The van der Waals surface area contributed by atoms with Gasteiger partial charge in [-0.25, -0.2) is 14.3 Å². The van der Waals surface area contributed by atoms with Crippen molar-refractivity contribution in [1.29, 1.82) is 0 Å². The highest BCUT2D eigenvalue weighted by molar-refractivity contribution is 5.96. The van der Waals surface area contributed by atoms with Crippen LogP contribution in [0, 0.1) is 13.8 Å². The Balaban J connectivity index is 1.63. The summed E-state index contributed by atoms with van der Waals surface area (Å²) in [5, 5.41) is 12.9. The van der Waals surface area contributed by atoms with Gasteiger partial charge in [0, 0.05) is 24.2 Å². The highest BCUT2D eigenvalue weighted by Crippen LogP contribution is 2.29. The Bertz CT molecular complexity index is 1160. The number of anilines is 1. The van der Waals surface area contributed by atoms with Gasteiger partial charge >= 0.3 is 0 Å². The SMILES string of the molecule is CCCn1nc(C)cc1NC(=O)Cn1nc(C)c2c(-c3ccccc3)ccnc21. The van der Waals surface area contributed by atoms with Gasteiger partial charge < -0.3 is 5.32 Å². The predicted molar refractivity (Wildman–Crippen MR) is 114 cm³/mol. The van der Waals surface area contributed by atoms with Gasteiger partial charge in [-0.05, 0) is 37.5 Å². The van der Waals surface area contributed by atoms with Gasteiger partial charge in [0.05, 0.1) is 11.4 Å². The van der Waals surface area contributed by atoms with E-state index < -0.39 is 0 Å². The number of benzene rings is 1. The summed E-state index contributed by atoms with van der Waals surface area (Å²) in [6.07, 6.45) is 2.71. The van der Waals surface area contributed by atoms with Crippen molar-refractivity contribution in [2.24, 2.45) is 0 Å². The van der Waals surface area contributed by atoms with Crippen molar-refractivity contribution in [3.8, 4) is 11.1 Å². The number of carbonyl (C=O) groups is 1. The summed E-state index contributed by atoms with van der Waals surface area (Å²) in [4.78, 5) is 17.2. The lowest BCUT2D eigenvalue weighted by Crippen LogP contribution is -2.21. The molecule has 1 aromatic carbocycles. The zero-order chi connectivity index (χ0) is 20.4. The largest absolute Gasteiger partial charge is 0.309 e. The van der Waals surface area contributed by atoms with Crippen molar-refractivity contribution in [3.63, 3.8) is 0 Å². The van der Waals surface area contributed by atoms with E-state index in [1.54, 1.807) is 10.9 Å². The van der Waals surface area contributed by atoms with Crippen molar-refractivity contribution in [2.45, 2.75) is 40.3 Å². The maximum atomic E-state index is 12.7. The Morgan fingerprint density at radius 2 is 1.86 bits per heavy atom. The Kier molecular flexibility index (Phi) is 5.12. The molecule has 3 aromatic heterocycles. The molecule has 0 unspecified atom stereocenters. The number of rotatable bonds is 6. The van der Waals surface area contributed by atoms with Gasteiger partial charge in [0.2, 0.25) is 5.91 Å². The summed E-state index contributed by atoms with van der Waals surface area (Å²) >= 11 is 0.